The van der Waals surface area contributed by atoms with Gasteiger partial charge in [-0.1, -0.05) is 6.07 Å². The van der Waals surface area contributed by atoms with Gasteiger partial charge >= 0.3 is 0 Å². The minimum Gasteiger partial charge on any atom is -0.397 e. The summed E-state index contributed by atoms with van der Waals surface area (Å²) in [7, 11) is 0. The van der Waals surface area contributed by atoms with E-state index in [1.54, 1.807) is 12.1 Å². The number of hydrogen-bond donors (Lipinski definition) is 3. The Balaban J connectivity index is 2.15. The summed E-state index contributed by atoms with van der Waals surface area (Å²) >= 11 is 0. The molecule has 4 N–H and O–H groups in total. The van der Waals surface area contributed by atoms with Gasteiger partial charge < -0.3 is 16.4 Å². The Hall–Kier alpha value is -2.89. The van der Waals surface area contributed by atoms with Crippen molar-refractivity contribution in [2.75, 3.05) is 16.4 Å². The highest BCUT2D eigenvalue weighted by molar-refractivity contribution is 6.06. The predicted molar refractivity (Wildman–Crippen MR) is 79.5 cm³/mol. The maximum Gasteiger partial charge on any atom is 0.255 e. The summed E-state index contributed by atoms with van der Waals surface area (Å²) < 4.78 is 13.6. The van der Waals surface area contributed by atoms with Crippen molar-refractivity contribution in [2.45, 2.75) is 6.92 Å². The number of nitrogens with two attached hydrogens (primary N) is 1. The number of carbonyl (C=O) groups excluding carboxylic acids is 2. The van der Waals surface area contributed by atoms with Crippen LogP contribution in [0.2, 0.25) is 0 Å². The van der Waals surface area contributed by atoms with E-state index >= 15 is 0 Å². The van der Waals surface area contributed by atoms with Crippen LogP contribution in [-0.4, -0.2) is 11.8 Å². The van der Waals surface area contributed by atoms with Gasteiger partial charge in [0.2, 0.25) is 5.91 Å². The normalized spacial score (nSPS) is 10.0. The highest BCUT2D eigenvalue weighted by atomic mass is 19.1. The van der Waals surface area contributed by atoms with Gasteiger partial charge in [-0.05, 0) is 36.4 Å². The van der Waals surface area contributed by atoms with Gasteiger partial charge in [-0.25, -0.2) is 4.39 Å². The van der Waals surface area contributed by atoms with Crippen molar-refractivity contribution >= 4 is 28.9 Å². The van der Waals surface area contributed by atoms with Crippen molar-refractivity contribution in [1.82, 2.24) is 0 Å². The SMILES string of the molecule is CC(=O)Nc1ccc(C(=O)Nc2c(N)cccc2F)cc1. The van der Waals surface area contributed by atoms with E-state index in [0.29, 0.717) is 11.3 Å². The highest BCUT2D eigenvalue weighted by Crippen LogP contribution is 2.22. The van der Waals surface area contributed by atoms with E-state index in [4.69, 9.17) is 5.73 Å². The van der Waals surface area contributed by atoms with Crippen molar-refractivity contribution in [3.8, 4) is 0 Å². The molecule has 0 atom stereocenters. The molecule has 0 unspecified atom stereocenters. The zero-order valence-corrected chi connectivity index (χ0v) is 11.3. The van der Waals surface area contributed by atoms with Crippen LogP contribution in [-0.2, 0) is 4.79 Å². The molecule has 0 heterocycles. The van der Waals surface area contributed by atoms with Crippen LogP contribution in [0.25, 0.3) is 0 Å². The van der Waals surface area contributed by atoms with Gasteiger partial charge in [0.15, 0.2) is 0 Å². The highest BCUT2D eigenvalue weighted by Gasteiger charge is 2.11. The zero-order valence-electron chi connectivity index (χ0n) is 11.3. The number of hydrogen-bond acceptors (Lipinski definition) is 3. The molecule has 0 spiro atoms. The summed E-state index contributed by atoms with van der Waals surface area (Å²) in [5, 5.41) is 5.02. The minimum absolute atomic E-state index is 0.0477. The van der Waals surface area contributed by atoms with Gasteiger partial charge in [-0.3, -0.25) is 9.59 Å². The molecule has 21 heavy (non-hydrogen) atoms. The van der Waals surface area contributed by atoms with Crippen LogP contribution in [0.1, 0.15) is 17.3 Å². The molecule has 0 saturated carbocycles. The molecule has 2 aromatic rings. The molecule has 2 rings (SSSR count). The second kappa shape index (κ2) is 6.04. The summed E-state index contributed by atoms with van der Waals surface area (Å²) in [5.74, 6) is -1.29. The molecule has 0 aliphatic carbocycles. The van der Waals surface area contributed by atoms with E-state index < -0.39 is 11.7 Å². The molecule has 0 bridgehead atoms. The third kappa shape index (κ3) is 3.56. The van der Waals surface area contributed by atoms with E-state index in [0.717, 1.165) is 0 Å². The average molecular weight is 287 g/mol. The van der Waals surface area contributed by atoms with Crippen molar-refractivity contribution < 1.29 is 14.0 Å². The molecule has 0 aliphatic rings. The van der Waals surface area contributed by atoms with Crippen molar-refractivity contribution in [1.29, 1.82) is 0 Å². The fraction of sp³-hybridized carbons (Fsp3) is 0.0667. The smallest absolute Gasteiger partial charge is 0.255 e. The summed E-state index contributed by atoms with van der Waals surface area (Å²) in [6.07, 6.45) is 0. The number of nitrogens with one attached hydrogen (secondary N) is 2. The second-order valence-corrected chi connectivity index (χ2v) is 4.42. The number of anilines is 3. The van der Waals surface area contributed by atoms with E-state index in [1.165, 1.54) is 37.3 Å². The number of para-hydroxylation sites is 1. The van der Waals surface area contributed by atoms with Crippen molar-refractivity contribution in [2.24, 2.45) is 0 Å². The van der Waals surface area contributed by atoms with Crippen LogP contribution in [0, 0.1) is 5.82 Å². The van der Waals surface area contributed by atoms with Crippen LogP contribution in [0.3, 0.4) is 0 Å². The standard InChI is InChI=1S/C15H14FN3O2/c1-9(20)18-11-7-5-10(6-8-11)15(21)19-14-12(16)3-2-4-13(14)17/h2-8H,17H2,1H3,(H,18,20)(H,19,21). The third-order valence-corrected chi connectivity index (χ3v) is 2.75. The lowest BCUT2D eigenvalue weighted by Crippen LogP contribution is -2.14. The van der Waals surface area contributed by atoms with Crippen LogP contribution >= 0.6 is 0 Å². The Morgan fingerprint density at radius 3 is 2.29 bits per heavy atom. The molecule has 2 amide bonds. The van der Waals surface area contributed by atoms with Crippen LogP contribution in [0.15, 0.2) is 42.5 Å². The minimum atomic E-state index is -0.599. The molecular weight excluding hydrogens is 273 g/mol. The van der Waals surface area contributed by atoms with Crippen molar-refractivity contribution in [3.63, 3.8) is 0 Å². The summed E-state index contributed by atoms with van der Waals surface area (Å²) in [6, 6.07) is 10.4. The Kier molecular flexibility index (Phi) is 4.18. The first-order valence-electron chi connectivity index (χ1n) is 6.20. The Morgan fingerprint density at radius 1 is 1.05 bits per heavy atom. The molecule has 108 valence electrons. The first kappa shape index (κ1) is 14.5. The maximum absolute atomic E-state index is 13.6. The lowest BCUT2D eigenvalue weighted by Gasteiger charge is -2.09. The van der Waals surface area contributed by atoms with E-state index in [2.05, 4.69) is 10.6 Å². The maximum atomic E-state index is 13.6. The van der Waals surface area contributed by atoms with E-state index in [1.807, 2.05) is 0 Å². The third-order valence-electron chi connectivity index (χ3n) is 2.75. The Labute approximate surface area is 121 Å². The zero-order chi connectivity index (χ0) is 15.4. The van der Waals surface area contributed by atoms with Gasteiger partial charge in [0.1, 0.15) is 11.5 Å². The van der Waals surface area contributed by atoms with Gasteiger partial charge in [0.25, 0.3) is 5.91 Å². The molecule has 2 aromatic carbocycles. The molecule has 0 radical (unpaired) electrons. The topological polar surface area (TPSA) is 84.2 Å². The fourth-order valence-electron chi connectivity index (χ4n) is 1.77. The quantitative estimate of drug-likeness (QED) is 0.759. The fourth-order valence-corrected chi connectivity index (χ4v) is 1.77. The number of benzene rings is 2. The predicted octanol–water partition coefficient (Wildman–Crippen LogP) is 2.62. The number of carbonyl (C=O) groups is 2. The largest absolute Gasteiger partial charge is 0.397 e. The first-order chi connectivity index (χ1) is 9.97. The molecule has 0 aromatic heterocycles. The number of amides is 2. The van der Waals surface area contributed by atoms with Crippen LogP contribution < -0.4 is 16.4 Å². The Bertz CT molecular complexity index is 664. The monoisotopic (exact) mass is 287 g/mol. The van der Waals surface area contributed by atoms with Crippen LogP contribution in [0.5, 0.6) is 0 Å². The Morgan fingerprint density at radius 2 is 1.71 bits per heavy atom. The van der Waals surface area contributed by atoms with Crippen LogP contribution in [0.4, 0.5) is 21.5 Å². The molecule has 0 saturated heterocycles. The molecule has 0 fully saturated rings. The molecule has 5 nitrogen and oxygen atoms in total. The lowest BCUT2D eigenvalue weighted by atomic mass is 10.1. The van der Waals surface area contributed by atoms with Crippen molar-refractivity contribution in [3.05, 3.63) is 53.8 Å². The van der Waals surface area contributed by atoms with Gasteiger partial charge in [0.05, 0.1) is 5.69 Å². The summed E-state index contributed by atoms with van der Waals surface area (Å²) in [4.78, 5) is 22.9. The van der Waals surface area contributed by atoms with E-state index in [9.17, 15) is 14.0 Å². The van der Waals surface area contributed by atoms with Gasteiger partial charge in [0, 0.05) is 18.2 Å². The van der Waals surface area contributed by atoms with Gasteiger partial charge in [-0.15, -0.1) is 0 Å². The number of nitrogen functional groups attached to an aromatic ring is 1. The molecule has 0 aliphatic heterocycles. The second-order valence-electron chi connectivity index (χ2n) is 4.42. The van der Waals surface area contributed by atoms with E-state index in [-0.39, 0.29) is 17.3 Å². The summed E-state index contributed by atoms with van der Waals surface area (Å²) in [5.41, 5.74) is 6.63. The molecular formula is C15H14FN3O2. The number of halogens is 1. The first-order valence-corrected chi connectivity index (χ1v) is 6.20. The van der Waals surface area contributed by atoms with Gasteiger partial charge in [-0.2, -0.15) is 0 Å². The lowest BCUT2D eigenvalue weighted by molar-refractivity contribution is -0.114. The number of rotatable bonds is 3. The summed E-state index contributed by atoms with van der Waals surface area (Å²) in [6.45, 7) is 1.39. The molecule has 6 heteroatoms. The average Bonchev–Trinajstić information content (AvgIpc) is 2.43.